The Morgan fingerprint density at radius 1 is 0.500 bits per heavy atom. The summed E-state index contributed by atoms with van der Waals surface area (Å²) >= 11 is 0. The number of amides is 1. The van der Waals surface area contributed by atoms with E-state index >= 15 is 0 Å². The topological polar surface area (TPSA) is 83.6 Å². The van der Waals surface area contributed by atoms with Gasteiger partial charge in [-0.15, -0.1) is 0 Å². The molecular formula is C34H71NO3. The number of carbonyl (C=O) groups excluding carboxylic acids is 1. The van der Waals surface area contributed by atoms with Crippen LogP contribution in [0, 0.1) is 0 Å². The Kier molecular flexibility index (Phi) is 37.9. The molecule has 4 N–H and O–H groups in total. The van der Waals surface area contributed by atoms with E-state index in [-0.39, 0.29) is 18.6 Å². The van der Waals surface area contributed by atoms with Crippen molar-refractivity contribution < 1.29 is 15.0 Å². The number of primary amides is 1. The monoisotopic (exact) mass is 542 g/mol. The molecule has 0 radical (unpaired) electrons. The van der Waals surface area contributed by atoms with E-state index in [4.69, 9.17) is 10.8 Å². The first-order valence-corrected chi connectivity index (χ1v) is 17.2. The summed E-state index contributed by atoms with van der Waals surface area (Å²) < 4.78 is 0. The molecular weight excluding hydrogens is 470 g/mol. The molecule has 38 heavy (non-hydrogen) atoms. The van der Waals surface area contributed by atoms with E-state index in [1.165, 1.54) is 154 Å². The quantitative estimate of drug-likeness (QED) is 0.0791. The molecule has 230 valence electrons. The fourth-order valence-corrected chi connectivity index (χ4v) is 5.01. The number of aliphatic hydroxyl groups excluding tert-OH is 2. The van der Waals surface area contributed by atoms with Crippen molar-refractivity contribution >= 4 is 5.91 Å². The van der Waals surface area contributed by atoms with Crippen molar-refractivity contribution in [2.75, 3.05) is 6.61 Å². The summed E-state index contributed by atoms with van der Waals surface area (Å²) in [7, 11) is 0. The van der Waals surface area contributed by atoms with Gasteiger partial charge in [-0.3, -0.25) is 4.79 Å². The normalized spacial score (nSPS) is 11.8. The zero-order valence-electron chi connectivity index (χ0n) is 26.2. The van der Waals surface area contributed by atoms with Gasteiger partial charge in [0.2, 0.25) is 5.91 Å². The molecule has 1 atom stereocenters. The summed E-state index contributed by atoms with van der Waals surface area (Å²) in [6, 6.07) is 0. The number of aliphatic hydroxyl groups is 2. The molecule has 0 saturated heterocycles. The van der Waals surface area contributed by atoms with E-state index < -0.39 is 0 Å². The van der Waals surface area contributed by atoms with Gasteiger partial charge in [-0.25, -0.2) is 0 Å². The van der Waals surface area contributed by atoms with E-state index in [9.17, 15) is 9.90 Å². The Balaban J connectivity index is 0. The molecule has 0 heterocycles. The van der Waals surface area contributed by atoms with Gasteiger partial charge in [-0.05, 0) is 19.3 Å². The van der Waals surface area contributed by atoms with Gasteiger partial charge in [0.15, 0.2) is 0 Å². The zero-order chi connectivity index (χ0) is 28.4. The highest BCUT2D eigenvalue weighted by atomic mass is 16.3. The number of nitrogens with two attached hydrogens (primary N) is 1. The van der Waals surface area contributed by atoms with Gasteiger partial charge in [0.1, 0.15) is 0 Å². The molecule has 0 bridgehead atoms. The Labute approximate surface area is 239 Å². The van der Waals surface area contributed by atoms with Crippen molar-refractivity contribution in [3.63, 3.8) is 0 Å². The number of hydrogen-bond acceptors (Lipinski definition) is 3. The lowest BCUT2D eigenvalue weighted by atomic mass is 10.0. The second-order valence-electron chi connectivity index (χ2n) is 11.7. The molecule has 1 amide bonds. The van der Waals surface area contributed by atoms with Crippen LogP contribution in [0.2, 0.25) is 0 Å². The van der Waals surface area contributed by atoms with E-state index in [1.54, 1.807) is 0 Å². The van der Waals surface area contributed by atoms with E-state index in [1.807, 2.05) is 0 Å². The van der Waals surface area contributed by atoms with Crippen molar-refractivity contribution in [3.8, 4) is 0 Å². The maximum Gasteiger partial charge on any atom is 0.217 e. The predicted molar refractivity (Wildman–Crippen MR) is 168 cm³/mol. The van der Waals surface area contributed by atoms with Gasteiger partial charge < -0.3 is 15.9 Å². The summed E-state index contributed by atoms with van der Waals surface area (Å²) in [5.74, 6) is -0.155. The van der Waals surface area contributed by atoms with Crippen molar-refractivity contribution in [1.29, 1.82) is 0 Å². The minimum Gasteiger partial charge on any atom is -0.396 e. The first-order chi connectivity index (χ1) is 18.6. The number of hydrogen-bond donors (Lipinski definition) is 3. The third-order valence-corrected chi connectivity index (χ3v) is 7.63. The SMILES string of the molecule is CCCCCCCCCCCCCCCC(N)=O.CCCCCCCCCCCCCCCC(O)CCO. The van der Waals surface area contributed by atoms with Crippen LogP contribution in [0.1, 0.15) is 200 Å². The second kappa shape index (κ2) is 36.4. The molecule has 0 fully saturated rings. The maximum atomic E-state index is 10.5. The third kappa shape index (κ3) is 39.9. The van der Waals surface area contributed by atoms with Gasteiger partial charge in [-0.2, -0.15) is 0 Å². The van der Waals surface area contributed by atoms with Crippen LogP contribution in [0.25, 0.3) is 0 Å². The fourth-order valence-electron chi connectivity index (χ4n) is 5.01. The molecule has 0 aliphatic heterocycles. The van der Waals surface area contributed by atoms with Crippen LogP contribution in [-0.2, 0) is 4.79 Å². The summed E-state index contributed by atoms with van der Waals surface area (Å²) in [6.07, 6.45) is 36.7. The minimum absolute atomic E-state index is 0.111. The highest BCUT2D eigenvalue weighted by molar-refractivity contribution is 5.73. The molecule has 0 aromatic heterocycles. The van der Waals surface area contributed by atoms with Gasteiger partial charge >= 0.3 is 0 Å². The second-order valence-corrected chi connectivity index (χ2v) is 11.7. The van der Waals surface area contributed by atoms with Crippen LogP contribution in [-0.4, -0.2) is 28.8 Å². The highest BCUT2D eigenvalue weighted by Crippen LogP contribution is 2.14. The molecule has 0 rings (SSSR count). The Morgan fingerprint density at radius 2 is 0.789 bits per heavy atom. The van der Waals surface area contributed by atoms with Crippen molar-refractivity contribution in [1.82, 2.24) is 0 Å². The summed E-state index contributed by atoms with van der Waals surface area (Å²) in [5, 5.41) is 18.1. The molecule has 0 aliphatic carbocycles. The van der Waals surface area contributed by atoms with Gasteiger partial charge in [0.25, 0.3) is 0 Å². The molecule has 0 aromatic rings. The van der Waals surface area contributed by atoms with Crippen LogP contribution in [0.3, 0.4) is 0 Å². The summed E-state index contributed by atoms with van der Waals surface area (Å²) in [4.78, 5) is 10.5. The van der Waals surface area contributed by atoms with E-state index in [2.05, 4.69) is 13.8 Å². The van der Waals surface area contributed by atoms with E-state index in [0.29, 0.717) is 12.8 Å². The van der Waals surface area contributed by atoms with Crippen molar-refractivity contribution in [2.45, 2.75) is 206 Å². The molecule has 0 aliphatic rings. The van der Waals surface area contributed by atoms with Crippen LogP contribution in [0.15, 0.2) is 0 Å². The first kappa shape index (κ1) is 39.5. The van der Waals surface area contributed by atoms with Crippen LogP contribution in [0.4, 0.5) is 0 Å². The smallest absolute Gasteiger partial charge is 0.217 e. The van der Waals surface area contributed by atoms with Gasteiger partial charge in [-0.1, -0.05) is 174 Å². The maximum absolute atomic E-state index is 10.5. The lowest BCUT2D eigenvalue weighted by molar-refractivity contribution is -0.118. The fraction of sp³-hybridized carbons (Fsp3) is 0.971. The zero-order valence-corrected chi connectivity index (χ0v) is 26.2. The molecule has 0 spiro atoms. The Bertz CT molecular complexity index is 430. The summed E-state index contributed by atoms with van der Waals surface area (Å²) in [6.45, 7) is 4.65. The average molecular weight is 542 g/mol. The van der Waals surface area contributed by atoms with Crippen LogP contribution >= 0.6 is 0 Å². The minimum atomic E-state index is -0.285. The first-order valence-electron chi connectivity index (χ1n) is 17.2. The largest absolute Gasteiger partial charge is 0.396 e. The summed E-state index contributed by atoms with van der Waals surface area (Å²) in [5.41, 5.74) is 5.09. The van der Waals surface area contributed by atoms with Gasteiger partial charge in [0.05, 0.1) is 6.10 Å². The predicted octanol–water partition coefficient (Wildman–Crippen LogP) is 10.2. The standard InChI is InChI=1S/C18H38O2.C16H33NO/c1-2-3-4-5-6-7-8-9-10-11-12-13-14-15-18(20)16-17-19;1-2-3-4-5-6-7-8-9-10-11-12-13-14-15-16(17)18/h18-20H,2-17H2,1H3;2-15H2,1H3,(H2,17,18). The molecule has 4 nitrogen and oxygen atoms in total. The number of unbranched alkanes of at least 4 members (excludes halogenated alkanes) is 24. The van der Waals surface area contributed by atoms with E-state index in [0.717, 1.165) is 19.3 Å². The average Bonchev–Trinajstić information content (AvgIpc) is 2.90. The Hall–Kier alpha value is -0.610. The van der Waals surface area contributed by atoms with Crippen LogP contribution in [0.5, 0.6) is 0 Å². The lowest BCUT2D eigenvalue weighted by Gasteiger charge is -2.08. The van der Waals surface area contributed by atoms with Gasteiger partial charge in [0, 0.05) is 13.0 Å². The number of rotatable bonds is 30. The van der Waals surface area contributed by atoms with Crippen molar-refractivity contribution in [3.05, 3.63) is 0 Å². The Morgan fingerprint density at radius 3 is 1.08 bits per heavy atom. The molecule has 1 unspecified atom stereocenters. The van der Waals surface area contributed by atoms with Crippen molar-refractivity contribution in [2.24, 2.45) is 5.73 Å². The third-order valence-electron chi connectivity index (χ3n) is 7.63. The van der Waals surface area contributed by atoms with Crippen LogP contribution < -0.4 is 5.73 Å². The molecule has 0 aromatic carbocycles. The molecule has 4 heteroatoms. The highest BCUT2D eigenvalue weighted by Gasteiger charge is 2.02. The lowest BCUT2D eigenvalue weighted by Crippen LogP contribution is -2.09. The molecule has 0 saturated carbocycles. The number of carbonyl (C=O) groups is 1.